The number of likely N-dealkylation sites (tertiary alicyclic amines) is 1. The summed E-state index contributed by atoms with van der Waals surface area (Å²) in [5, 5.41) is 9.33. The van der Waals surface area contributed by atoms with Crippen LogP contribution in [0.1, 0.15) is 44.0 Å². The van der Waals surface area contributed by atoms with Crippen LogP contribution in [0.15, 0.2) is 18.2 Å². The van der Waals surface area contributed by atoms with Gasteiger partial charge < -0.3 is 24.2 Å². The Bertz CT molecular complexity index is 665. The zero-order valence-corrected chi connectivity index (χ0v) is 15.9. The first kappa shape index (κ1) is 20.8. The lowest BCUT2D eigenvalue weighted by atomic mass is 10.1. The summed E-state index contributed by atoms with van der Waals surface area (Å²) >= 11 is 0. The summed E-state index contributed by atoms with van der Waals surface area (Å²) in [4.78, 5) is 25.1. The normalized spacial score (nSPS) is 15.3. The molecule has 1 heterocycles. The number of ether oxygens (including phenoxy) is 3. The molecule has 0 unspecified atom stereocenters. The van der Waals surface area contributed by atoms with Gasteiger partial charge in [0.05, 0.1) is 0 Å². The van der Waals surface area contributed by atoms with Gasteiger partial charge in [-0.05, 0) is 32.9 Å². The van der Waals surface area contributed by atoms with Crippen LogP contribution in [-0.4, -0.2) is 60.1 Å². The van der Waals surface area contributed by atoms with Crippen molar-refractivity contribution in [2.45, 2.75) is 45.3 Å². The van der Waals surface area contributed by atoms with Crippen LogP contribution in [0.2, 0.25) is 0 Å². The Kier molecular flexibility index (Phi) is 6.87. The highest BCUT2D eigenvalue weighted by atomic mass is 19.1. The summed E-state index contributed by atoms with van der Waals surface area (Å²) < 4.78 is 28.7. The molecule has 1 aromatic rings. The summed E-state index contributed by atoms with van der Waals surface area (Å²) in [5.74, 6) is -0.596. The molecule has 1 aromatic carbocycles. The maximum Gasteiger partial charge on any atom is 0.410 e. The lowest BCUT2D eigenvalue weighted by molar-refractivity contribution is 0.0126. The Morgan fingerprint density at radius 1 is 1.26 bits per heavy atom. The van der Waals surface area contributed by atoms with Crippen LogP contribution in [0.25, 0.3) is 0 Å². The highest BCUT2D eigenvalue weighted by Gasteiger charge is 2.28. The van der Waals surface area contributed by atoms with E-state index < -0.39 is 18.2 Å². The molecule has 1 amide bonds. The first-order chi connectivity index (χ1) is 12.7. The van der Waals surface area contributed by atoms with E-state index in [1.165, 1.54) is 18.2 Å². The van der Waals surface area contributed by atoms with E-state index >= 15 is 0 Å². The minimum absolute atomic E-state index is 0.0113. The molecule has 2 rings (SSSR count). The van der Waals surface area contributed by atoms with Crippen LogP contribution in [0.5, 0.6) is 11.5 Å². The van der Waals surface area contributed by atoms with Crippen molar-refractivity contribution >= 4 is 12.1 Å². The van der Waals surface area contributed by atoms with Gasteiger partial charge in [-0.15, -0.1) is 0 Å². The SMILES string of the molecule is CC(C)(C)OC(=O)N1CCC(Oc2cc(OCCF)ccc2C(=O)O)CC1. The Labute approximate surface area is 158 Å². The third-order valence-corrected chi connectivity index (χ3v) is 3.92. The number of alkyl halides is 1. The minimum Gasteiger partial charge on any atom is -0.491 e. The van der Waals surface area contributed by atoms with Crippen molar-refractivity contribution in [3.63, 3.8) is 0 Å². The zero-order chi connectivity index (χ0) is 20.0. The van der Waals surface area contributed by atoms with Crippen molar-refractivity contribution in [1.29, 1.82) is 0 Å². The van der Waals surface area contributed by atoms with Crippen LogP contribution in [0.3, 0.4) is 0 Å². The van der Waals surface area contributed by atoms with E-state index in [0.29, 0.717) is 31.7 Å². The van der Waals surface area contributed by atoms with Gasteiger partial charge in [0.15, 0.2) is 0 Å². The third-order valence-electron chi connectivity index (χ3n) is 3.92. The molecule has 0 spiro atoms. The summed E-state index contributed by atoms with van der Waals surface area (Å²) in [5.41, 5.74) is -0.543. The van der Waals surface area contributed by atoms with Crippen molar-refractivity contribution in [2.75, 3.05) is 26.4 Å². The standard InChI is InChI=1S/C19H26FNO6/c1-19(2,3)27-18(24)21-9-6-13(7-10-21)26-16-12-14(25-11-8-20)4-5-15(16)17(22)23/h4-5,12-13H,6-11H2,1-3H3,(H,22,23). The molecule has 0 atom stereocenters. The summed E-state index contributed by atoms with van der Waals surface area (Å²) in [6, 6.07) is 4.30. The van der Waals surface area contributed by atoms with Crippen LogP contribution in [0.4, 0.5) is 9.18 Å². The minimum atomic E-state index is -1.12. The fourth-order valence-electron chi connectivity index (χ4n) is 2.69. The number of aromatic carboxylic acids is 1. The number of rotatable bonds is 6. The van der Waals surface area contributed by atoms with E-state index in [9.17, 15) is 19.1 Å². The Morgan fingerprint density at radius 3 is 2.48 bits per heavy atom. The monoisotopic (exact) mass is 383 g/mol. The van der Waals surface area contributed by atoms with Gasteiger partial charge in [0.2, 0.25) is 0 Å². The van der Waals surface area contributed by atoms with Crippen molar-refractivity contribution in [3.8, 4) is 11.5 Å². The molecule has 27 heavy (non-hydrogen) atoms. The number of carbonyl (C=O) groups excluding carboxylic acids is 1. The maximum absolute atomic E-state index is 12.3. The molecule has 150 valence electrons. The number of amides is 1. The summed E-state index contributed by atoms with van der Waals surface area (Å²) in [6.07, 6.45) is 0.494. The zero-order valence-electron chi connectivity index (χ0n) is 15.9. The van der Waals surface area contributed by atoms with Gasteiger partial charge in [-0.25, -0.2) is 14.0 Å². The van der Waals surface area contributed by atoms with Crippen molar-refractivity contribution in [2.24, 2.45) is 0 Å². The molecule has 1 N–H and O–H groups in total. The molecule has 1 aliphatic rings. The first-order valence-corrected chi connectivity index (χ1v) is 8.90. The van der Waals surface area contributed by atoms with Gasteiger partial charge in [-0.1, -0.05) is 0 Å². The number of carboxylic acids is 1. The van der Waals surface area contributed by atoms with E-state index in [4.69, 9.17) is 14.2 Å². The molecule has 1 aliphatic heterocycles. The van der Waals surface area contributed by atoms with Gasteiger partial charge in [0.1, 0.15) is 42.0 Å². The predicted octanol–water partition coefficient (Wildman–Crippen LogP) is 3.51. The molecule has 7 nitrogen and oxygen atoms in total. The van der Waals surface area contributed by atoms with Crippen LogP contribution >= 0.6 is 0 Å². The molecule has 0 radical (unpaired) electrons. The molecule has 0 aromatic heterocycles. The lowest BCUT2D eigenvalue weighted by Gasteiger charge is -2.33. The number of benzene rings is 1. The number of halogens is 1. The summed E-state index contributed by atoms with van der Waals surface area (Å²) in [7, 11) is 0. The van der Waals surface area contributed by atoms with Crippen molar-refractivity contribution in [1.82, 2.24) is 4.90 Å². The number of hydrogen-bond donors (Lipinski definition) is 1. The van der Waals surface area contributed by atoms with E-state index in [0.717, 1.165) is 0 Å². The van der Waals surface area contributed by atoms with Crippen LogP contribution < -0.4 is 9.47 Å². The van der Waals surface area contributed by atoms with E-state index in [-0.39, 0.29) is 30.1 Å². The average Bonchev–Trinajstić information content (AvgIpc) is 2.59. The second-order valence-electron chi connectivity index (χ2n) is 7.29. The first-order valence-electron chi connectivity index (χ1n) is 8.90. The van der Waals surface area contributed by atoms with E-state index in [2.05, 4.69) is 0 Å². The molecule has 0 aliphatic carbocycles. The summed E-state index contributed by atoms with van der Waals surface area (Å²) in [6.45, 7) is 5.60. The number of hydrogen-bond acceptors (Lipinski definition) is 5. The highest BCUT2D eigenvalue weighted by Crippen LogP contribution is 2.28. The molecule has 8 heteroatoms. The van der Waals surface area contributed by atoms with Crippen molar-refractivity contribution in [3.05, 3.63) is 23.8 Å². The number of piperidine rings is 1. The maximum atomic E-state index is 12.3. The number of carboxylic acid groups (broad SMARTS) is 1. The van der Waals surface area contributed by atoms with Gasteiger partial charge in [-0.3, -0.25) is 0 Å². The van der Waals surface area contributed by atoms with Crippen molar-refractivity contribution < 1.29 is 33.3 Å². The highest BCUT2D eigenvalue weighted by molar-refractivity contribution is 5.91. The quantitative estimate of drug-likeness (QED) is 0.809. The topological polar surface area (TPSA) is 85.3 Å². The second-order valence-corrected chi connectivity index (χ2v) is 7.29. The van der Waals surface area contributed by atoms with E-state index in [1.54, 1.807) is 4.90 Å². The van der Waals surface area contributed by atoms with E-state index in [1.807, 2.05) is 20.8 Å². The smallest absolute Gasteiger partial charge is 0.410 e. The van der Waals surface area contributed by atoms with Gasteiger partial charge in [0.25, 0.3) is 0 Å². The predicted molar refractivity (Wildman–Crippen MR) is 96.3 cm³/mol. The Morgan fingerprint density at radius 2 is 1.93 bits per heavy atom. The fourth-order valence-corrected chi connectivity index (χ4v) is 2.69. The largest absolute Gasteiger partial charge is 0.491 e. The lowest BCUT2D eigenvalue weighted by Crippen LogP contribution is -2.44. The van der Waals surface area contributed by atoms with Gasteiger partial charge in [0, 0.05) is 32.0 Å². The molecule has 1 fully saturated rings. The van der Waals surface area contributed by atoms with Gasteiger partial charge in [-0.2, -0.15) is 0 Å². The number of nitrogens with zero attached hydrogens (tertiary/aromatic N) is 1. The second kappa shape index (κ2) is 8.92. The average molecular weight is 383 g/mol. The van der Waals surface area contributed by atoms with Gasteiger partial charge >= 0.3 is 12.1 Å². The molecule has 1 saturated heterocycles. The number of carbonyl (C=O) groups is 2. The molecular formula is C19H26FNO6. The molecule has 0 bridgehead atoms. The Balaban J connectivity index is 1.99. The Hall–Kier alpha value is -2.51. The fraction of sp³-hybridized carbons (Fsp3) is 0.579. The third kappa shape index (κ3) is 6.30. The van der Waals surface area contributed by atoms with Crippen LogP contribution in [-0.2, 0) is 4.74 Å². The molecular weight excluding hydrogens is 357 g/mol. The van der Waals surface area contributed by atoms with Crippen LogP contribution in [0, 0.1) is 0 Å². The molecule has 0 saturated carbocycles.